The highest BCUT2D eigenvalue weighted by Crippen LogP contribution is 2.42. The highest BCUT2D eigenvalue weighted by atomic mass is 16.5. The number of hydrogen-bond donors (Lipinski definition) is 1. The Labute approximate surface area is 148 Å². The van der Waals surface area contributed by atoms with Gasteiger partial charge in [-0.3, -0.25) is 4.79 Å². The number of benzene rings is 1. The van der Waals surface area contributed by atoms with Gasteiger partial charge < -0.3 is 19.5 Å². The van der Waals surface area contributed by atoms with Crippen molar-refractivity contribution >= 4 is 17.6 Å². The molecule has 2 rings (SSSR count). The zero-order valence-electron chi connectivity index (χ0n) is 15.4. The van der Waals surface area contributed by atoms with Crippen LogP contribution in [0.1, 0.15) is 50.9 Å². The largest absolute Gasteiger partial charge is 0.493 e. The molecule has 1 atom stereocenters. The van der Waals surface area contributed by atoms with Crippen LogP contribution in [-0.2, 0) is 14.3 Å². The third-order valence-electron chi connectivity index (χ3n) is 4.28. The Kier molecular flexibility index (Phi) is 6.42. The molecular weight excluding hydrogens is 322 g/mol. The first-order chi connectivity index (χ1) is 12.0. The van der Waals surface area contributed by atoms with Crippen LogP contribution in [0.5, 0.6) is 5.75 Å². The SMILES string of the molecule is CCOC(=O)c1cc(NC(=O)C(C)(OCC)C2CC2)ccc1OCC. The van der Waals surface area contributed by atoms with Crippen molar-refractivity contribution in [3.63, 3.8) is 0 Å². The zero-order chi connectivity index (χ0) is 18.4. The van der Waals surface area contributed by atoms with Gasteiger partial charge in [0.05, 0.1) is 13.2 Å². The van der Waals surface area contributed by atoms with Crippen LogP contribution in [0.4, 0.5) is 5.69 Å². The van der Waals surface area contributed by atoms with E-state index in [1.165, 1.54) is 0 Å². The molecule has 1 saturated carbocycles. The Morgan fingerprint density at radius 3 is 2.44 bits per heavy atom. The lowest BCUT2D eigenvalue weighted by Crippen LogP contribution is -2.44. The second-order valence-electron chi connectivity index (χ2n) is 6.13. The van der Waals surface area contributed by atoms with Gasteiger partial charge in [0.25, 0.3) is 5.91 Å². The van der Waals surface area contributed by atoms with E-state index < -0.39 is 11.6 Å². The molecule has 138 valence electrons. The van der Waals surface area contributed by atoms with Gasteiger partial charge in [0.15, 0.2) is 0 Å². The molecule has 0 aliphatic heterocycles. The number of rotatable bonds is 9. The number of amides is 1. The number of anilines is 1. The predicted octanol–water partition coefficient (Wildman–Crippen LogP) is 3.41. The minimum Gasteiger partial charge on any atom is -0.493 e. The Morgan fingerprint density at radius 1 is 1.16 bits per heavy atom. The summed E-state index contributed by atoms with van der Waals surface area (Å²) in [6.45, 7) is 8.46. The van der Waals surface area contributed by atoms with E-state index in [4.69, 9.17) is 14.2 Å². The molecule has 0 aromatic heterocycles. The van der Waals surface area contributed by atoms with Crippen molar-refractivity contribution in [2.24, 2.45) is 5.92 Å². The number of hydrogen-bond acceptors (Lipinski definition) is 5. The fourth-order valence-corrected chi connectivity index (χ4v) is 2.82. The molecule has 1 fully saturated rings. The topological polar surface area (TPSA) is 73.9 Å². The van der Waals surface area contributed by atoms with Crippen LogP contribution >= 0.6 is 0 Å². The molecule has 25 heavy (non-hydrogen) atoms. The predicted molar refractivity (Wildman–Crippen MR) is 95.0 cm³/mol. The van der Waals surface area contributed by atoms with Crippen molar-refractivity contribution in [2.45, 2.75) is 46.1 Å². The fraction of sp³-hybridized carbons (Fsp3) is 0.579. The summed E-state index contributed by atoms with van der Waals surface area (Å²) in [5.41, 5.74) is -0.0358. The summed E-state index contributed by atoms with van der Waals surface area (Å²) >= 11 is 0. The fourth-order valence-electron chi connectivity index (χ4n) is 2.82. The van der Waals surface area contributed by atoms with Gasteiger partial charge in [-0.1, -0.05) is 0 Å². The number of carbonyl (C=O) groups excluding carboxylic acids is 2. The highest BCUT2D eigenvalue weighted by molar-refractivity contribution is 6.00. The van der Waals surface area contributed by atoms with Gasteiger partial charge in [-0.2, -0.15) is 0 Å². The molecule has 1 aliphatic rings. The minimum atomic E-state index is -0.850. The normalized spacial score (nSPS) is 16.0. The second-order valence-corrected chi connectivity index (χ2v) is 6.13. The third kappa shape index (κ3) is 4.51. The van der Waals surface area contributed by atoms with Gasteiger partial charge >= 0.3 is 5.97 Å². The number of ether oxygens (including phenoxy) is 3. The molecule has 0 radical (unpaired) electrons. The molecule has 1 unspecified atom stereocenters. The smallest absolute Gasteiger partial charge is 0.341 e. The van der Waals surface area contributed by atoms with Crippen LogP contribution in [0.25, 0.3) is 0 Å². The summed E-state index contributed by atoms with van der Waals surface area (Å²) in [6, 6.07) is 4.96. The lowest BCUT2D eigenvalue weighted by atomic mass is 9.98. The molecular formula is C19H27NO5. The molecule has 0 bridgehead atoms. The average Bonchev–Trinajstić information content (AvgIpc) is 3.42. The maximum Gasteiger partial charge on any atom is 0.341 e. The highest BCUT2D eigenvalue weighted by Gasteiger charge is 2.48. The van der Waals surface area contributed by atoms with Crippen molar-refractivity contribution in [3.05, 3.63) is 23.8 Å². The van der Waals surface area contributed by atoms with Crippen molar-refractivity contribution in [1.29, 1.82) is 0 Å². The van der Waals surface area contributed by atoms with E-state index in [-0.39, 0.29) is 18.4 Å². The van der Waals surface area contributed by atoms with E-state index in [1.807, 2.05) is 20.8 Å². The lowest BCUT2D eigenvalue weighted by Gasteiger charge is -2.28. The monoisotopic (exact) mass is 349 g/mol. The van der Waals surface area contributed by atoms with Gasteiger partial charge in [-0.25, -0.2) is 4.79 Å². The Bertz CT molecular complexity index is 626. The number of esters is 1. The molecule has 0 spiro atoms. The van der Waals surface area contributed by atoms with E-state index >= 15 is 0 Å². The van der Waals surface area contributed by atoms with Crippen molar-refractivity contribution in [3.8, 4) is 5.75 Å². The maximum atomic E-state index is 12.7. The van der Waals surface area contributed by atoms with Crippen LogP contribution in [0, 0.1) is 5.92 Å². The first-order valence-corrected chi connectivity index (χ1v) is 8.85. The third-order valence-corrected chi connectivity index (χ3v) is 4.28. The summed E-state index contributed by atoms with van der Waals surface area (Å²) in [6.07, 6.45) is 1.97. The van der Waals surface area contributed by atoms with E-state index in [0.717, 1.165) is 12.8 Å². The van der Waals surface area contributed by atoms with Gasteiger partial charge in [-0.05, 0) is 64.7 Å². The van der Waals surface area contributed by atoms with Crippen molar-refractivity contribution in [1.82, 2.24) is 0 Å². The number of nitrogens with one attached hydrogen (secondary N) is 1. The van der Waals surface area contributed by atoms with Crippen molar-refractivity contribution < 1.29 is 23.8 Å². The maximum absolute atomic E-state index is 12.7. The van der Waals surface area contributed by atoms with E-state index in [1.54, 1.807) is 25.1 Å². The van der Waals surface area contributed by atoms with Gasteiger partial charge in [0.2, 0.25) is 0 Å². The molecule has 0 saturated heterocycles. The van der Waals surface area contributed by atoms with E-state index in [9.17, 15) is 9.59 Å². The molecule has 6 heteroatoms. The summed E-state index contributed by atoms with van der Waals surface area (Å²) in [5.74, 6) is 0.000942. The summed E-state index contributed by atoms with van der Waals surface area (Å²) in [5, 5.41) is 2.87. The first-order valence-electron chi connectivity index (χ1n) is 8.85. The quantitative estimate of drug-likeness (QED) is 0.692. The zero-order valence-corrected chi connectivity index (χ0v) is 15.4. The summed E-state index contributed by atoms with van der Waals surface area (Å²) in [4.78, 5) is 24.9. The first kappa shape index (κ1) is 19.2. The summed E-state index contributed by atoms with van der Waals surface area (Å²) < 4.78 is 16.3. The number of carbonyl (C=O) groups is 2. The van der Waals surface area contributed by atoms with Crippen LogP contribution in [0.2, 0.25) is 0 Å². The Morgan fingerprint density at radius 2 is 1.88 bits per heavy atom. The molecule has 6 nitrogen and oxygen atoms in total. The molecule has 1 amide bonds. The Balaban J connectivity index is 2.22. The van der Waals surface area contributed by atoms with Gasteiger partial charge in [-0.15, -0.1) is 0 Å². The van der Waals surface area contributed by atoms with Gasteiger partial charge in [0, 0.05) is 12.3 Å². The molecule has 1 aromatic carbocycles. The second kappa shape index (κ2) is 8.34. The lowest BCUT2D eigenvalue weighted by molar-refractivity contribution is -0.141. The van der Waals surface area contributed by atoms with Crippen molar-refractivity contribution in [2.75, 3.05) is 25.1 Å². The van der Waals surface area contributed by atoms with Crippen LogP contribution in [0.15, 0.2) is 18.2 Å². The van der Waals surface area contributed by atoms with E-state index in [0.29, 0.717) is 30.2 Å². The minimum absolute atomic E-state index is 0.198. The van der Waals surface area contributed by atoms with Gasteiger partial charge in [0.1, 0.15) is 16.9 Å². The average molecular weight is 349 g/mol. The molecule has 0 heterocycles. The Hall–Kier alpha value is -2.08. The van der Waals surface area contributed by atoms with E-state index in [2.05, 4.69) is 5.32 Å². The van der Waals surface area contributed by atoms with Crippen LogP contribution in [-0.4, -0.2) is 37.3 Å². The standard InChI is InChI=1S/C19H27NO5/c1-5-23-16-11-10-14(12-15(16)17(21)24-6-2)20-18(22)19(4,25-7-3)13-8-9-13/h10-13H,5-9H2,1-4H3,(H,20,22). The van der Waals surface area contributed by atoms with Crippen LogP contribution < -0.4 is 10.1 Å². The molecule has 1 aromatic rings. The molecule has 1 N–H and O–H groups in total. The summed E-state index contributed by atoms with van der Waals surface area (Å²) in [7, 11) is 0. The van der Waals surface area contributed by atoms with Crippen LogP contribution in [0.3, 0.4) is 0 Å². The molecule has 1 aliphatic carbocycles.